The highest BCUT2D eigenvalue weighted by molar-refractivity contribution is 8.00. The quantitative estimate of drug-likeness (QED) is 0.751. The fraction of sp³-hybridized carbons (Fsp3) is 0.538. The molecule has 1 saturated heterocycles. The van der Waals surface area contributed by atoms with Crippen LogP contribution >= 0.6 is 11.8 Å². The van der Waals surface area contributed by atoms with Crippen molar-refractivity contribution < 1.29 is 4.74 Å². The Kier molecular flexibility index (Phi) is 2.41. The minimum absolute atomic E-state index is 0.00213. The lowest BCUT2D eigenvalue weighted by molar-refractivity contribution is 0.0576. The van der Waals surface area contributed by atoms with Crippen molar-refractivity contribution in [1.29, 1.82) is 0 Å². The second-order valence-electron chi connectivity index (χ2n) is 4.96. The molecule has 0 aromatic heterocycles. The Balaban J connectivity index is 1.95. The summed E-state index contributed by atoms with van der Waals surface area (Å²) in [4.78, 5) is 0. The summed E-state index contributed by atoms with van der Waals surface area (Å²) in [6.07, 6.45) is 2.08. The van der Waals surface area contributed by atoms with Crippen LogP contribution in [0.15, 0.2) is 24.3 Å². The summed E-state index contributed by atoms with van der Waals surface area (Å²) in [7, 11) is 0. The summed E-state index contributed by atoms with van der Waals surface area (Å²) in [5, 5.41) is 0.692. The molecule has 3 heteroatoms. The first-order valence-electron chi connectivity index (χ1n) is 5.84. The van der Waals surface area contributed by atoms with Crippen LogP contribution in [0.3, 0.4) is 0 Å². The van der Waals surface area contributed by atoms with Crippen LogP contribution in [0.5, 0.6) is 5.75 Å². The Morgan fingerprint density at radius 3 is 2.94 bits per heavy atom. The van der Waals surface area contributed by atoms with E-state index in [1.54, 1.807) is 0 Å². The maximum absolute atomic E-state index is 6.26. The predicted octanol–water partition coefficient (Wildman–Crippen LogP) is 2.73. The van der Waals surface area contributed by atoms with E-state index in [1.165, 1.54) is 0 Å². The van der Waals surface area contributed by atoms with Gasteiger partial charge in [-0.1, -0.05) is 25.1 Å². The molecule has 0 aliphatic carbocycles. The van der Waals surface area contributed by atoms with Gasteiger partial charge in [0.1, 0.15) is 11.4 Å². The van der Waals surface area contributed by atoms with Gasteiger partial charge < -0.3 is 10.5 Å². The summed E-state index contributed by atoms with van der Waals surface area (Å²) in [5.74, 6) is 2.08. The van der Waals surface area contributed by atoms with Gasteiger partial charge in [-0.3, -0.25) is 0 Å². The molecule has 86 valence electrons. The normalized spacial score (nSPS) is 37.1. The summed E-state index contributed by atoms with van der Waals surface area (Å²) < 4.78 is 6.22. The van der Waals surface area contributed by atoms with Crippen LogP contribution in [0.1, 0.15) is 31.4 Å². The lowest BCUT2D eigenvalue weighted by Crippen LogP contribution is -2.43. The number of ether oxygens (including phenoxy) is 1. The van der Waals surface area contributed by atoms with E-state index in [2.05, 4.69) is 13.0 Å². The van der Waals surface area contributed by atoms with Crippen LogP contribution in [0, 0.1) is 0 Å². The molecule has 2 nitrogen and oxygen atoms in total. The van der Waals surface area contributed by atoms with E-state index >= 15 is 0 Å². The Labute approximate surface area is 101 Å². The van der Waals surface area contributed by atoms with E-state index < -0.39 is 0 Å². The first-order valence-corrected chi connectivity index (χ1v) is 6.89. The molecule has 0 bridgehead atoms. The number of thioether (sulfide) groups is 1. The second-order valence-corrected chi connectivity index (χ2v) is 6.39. The molecule has 2 heterocycles. The minimum Gasteiger partial charge on any atom is -0.486 e. The summed E-state index contributed by atoms with van der Waals surface area (Å²) in [6, 6.07) is 8.32. The van der Waals surface area contributed by atoms with Gasteiger partial charge >= 0.3 is 0 Å². The van der Waals surface area contributed by atoms with Gasteiger partial charge in [-0.15, -0.1) is 0 Å². The fourth-order valence-electron chi connectivity index (χ4n) is 2.81. The highest BCUT2D eigenvalue weighted by Crippen LogP contribution is 2.47. The van der Waals surface area contributed by atoms with Crippen LogP contribution in [0.2, 0.25) is 0 Å². The lowest BCUT2D eigenvalue weighted by atomic mass is 9.86. The van der Waals surface area contributed by atoms with E-state index in [0.29, 0.717) is 5.25 Å². The molecule has 1 fully saturated rings. The van der Waals surface area contributed by atoms with Gasteiger partial charge in [0.2, 0.25) is 0 Å². The molecule has 1 aromatic rings. The van der Waals surface area contributed by atoms with Crippen LogP contribution in [0.25, 0.3) is 0 Å². The molecule has 2 aliphatic heterocycles. The van der Waals surface area contributed by atoms with Crippen molar-refractivity contribution in [3.05, 3.63) is 29.8 Å². The molecular weight excluding hydrogens is 218 g/mol. The molecule has 16 heavy (non-hydrogen) atoms. The zero-order valence-electron chi connectivity index (χ0n) is 9.48. The molecule has 3 rings (SSSR count). The average molecular weight is 235 g/mol. The summed E-state index contributed by atoms with van der Waals surface area (Å²) in [6.45, 7) is 2.27. The number of hydrogen-bond donors (Lipinski definition) is 1. The van der Waals surface area contributed by atoms with E-state index in [0.717, 1.165) is 29.9 Å². The number of fused-ring (bicyclic) bond motifs is 1. The van der Waals surface area contributed by atoms with Gasteiger partial charge in [0.05, 0.1) is 0 Å². The Bertz CT molecular complexity index is 409. The molecule has 3 atom stereocenters. The van der Waals surface area contributed by atoms with Crippen molar-refractivity contribution >= 4 is 11.8 Å². The molecule has 1 spiro atoms. The Morgan fingerprint density at radius 1 is 1.38 bits per heavy atom. The highest BCUT2D eigenvalue weighted by Gasteiger charge is 2.44. The van der Waals surface area contributed by atoms with Crippen molar-refractivity contribution in [1.82, 2.24) is 0 Å². The van der Waals surface area contributed by atoms with E-state index in [9.17, 15) is 0 Å². The van der Waals surface area contributed by atoms with Gasteiger partial charge in [-0.05, 0) is 12.5 Å². The van der Waals surface area contributed by atoms with Crippen LogP contribution in [0.4, 0.5) is 0 Å². The number of hydrogen-bond acceptors (Lipinski definition) is 3. The van der Waals surface area contributed by atoms with Gasteiger partial charge in [0.15, 0.2) is 0 Å². The number of nitrogens with two attached hydrogens (primary N) is 1. The molecule has 0 saturated carbocycles. The zero-order chi connectivity index (χ0) is 11.2. The Hall–Kier alpha value is -0.670. The largest absolute Gasteiger partial charge is 0.486 e. The highest BCUT2D eigenvalue weighted by atomic mass is 32.2. The van der Waals surface area contributed by atoms with Crippen molar-refractivity contribution in [2.24, 2.45) is 5.73 Å². The van der Waals surface area contributed by atoms with Gasteiger partial charge in [0.25, 0.3) is 0 Å². The number of rotatable bonds is 0. The van der Waals surface area contributed by atoms with Crippen molar-refractivity contribution in [3.63, 3.8) is 0 Å². The predicted molar refractivity (Wildman–Crippen MR) is 67.9 cm³/mol. The van der Waals surface area contributed by atoms with Crippen LogP contribution in [-0.4, -0.2) is 16.6 Å². The van der Waals surface area contributed by atoms with E-state index in [1.807, 2.05) is 30.0 Å². The van der Waals surface area contributed by atoms with Crippen molar-refractivity contribution in [2.45, 2.75) is 36.7 Å². The lowest BCUT2D eigenvalue weighted by Gasteiger charge is -2.38. The number of para-hydroxylation sites is 1. The molecule has 0 radical (unpaired) electrons. The topological polar surface area (TPSA) is 35.2 Å². The van der Waals surface area contributed by atoms with Crippen LogP contribution in [-0.2, 0) is 0 Å². The molecule has 1 aromatic carbocycles. The standard InChI is InChI=1S/C13H17NOS/c1-9-6-13(8-16-9)7-11(14)10-4-2-3-5-12(10)15-13/h2-5,9,11H,6-8,14H2,1H3/t9?,11-,13?/m0/s1. The van der Waals surface area contributed by atoms with Gasteiger partial charge in [-0.25, -0.2) is 0 Å². The third-order valence-corrected chi connectivity index (χ3v) is 4.96. The molecule has 2 aliphatic rings. The van der Waals surface area contributed by atoms with E-state index in [4.69, 9.17) is 10.5 Å². The average Bonchev–Trinajstić information content (AvgIpc) is 2.59. The van der Waals surface area contributed by atoms with E-state index in [-0.39, 0.29) is 11.6 Å². The third kappa shape index (κ3) is 1.62. The smallest absolute Gasteiger partial charge is 0.124 e. The number of benzene rings is 1. The van der Waals surface area contributed by atoms with Gasteiger partial charge in [0, 0.05) is 29.0 Å². The minimum atomic E-state index is -0.00213. The van der Waals surface area contributed by atoms with Crippen molar-refractivity contribution in [3.8, 4) is 5.75 Å². The SMILES string of the molecule is CC1CC2(CS1)C[C@H](N)c1ccccc1O2. The summed E-state index contributed by atoms with van der Waals surface area (Å²) >= 11 is 2.00. The van der Waals surface area contributed by atoms with Crippen molar-refractivity contribution in [2.75, 3.05) is 5.75 Å². The maximum Gasteiger partial charge on any atom is 0.124 e. The monoisotopic (exact) mass is 235 g/mol. The molecular formula is C13H17NOS. The second kappa shape index (κ2) is 3.67. The first kappa shape index (κ1) is 10.5. The third-order valence-electron chi connectivity index (χ3n) is 3.53. The van der Waals surface area contributed by atoms with Gasteiger partial charge in [-0.2, -0.15) is 11.8 Å². The Morgan fingerprint density at radius 2 is 2.19 bits per heavy atom. The fourth-order valence-corrected chi connectivity index (χ4v) is 4.12. The molecule has 2 unspecified atom stereocenters. The first-order chi connectivity index (χ1) is 7.69. The van der Waals surface area contributed by atoms with Crippen LogP contribution < -0.4 is 10.5 Å². The zero-order valence-corrected chi connectivity index (χ0v) is 10.3. The molecule has 0 amide bonds. The maximum atomic E-state index is 6.26. The summed E-state index contributed by atoms with van der Waals surface area (Å²) in [5.41, 5.74) is 7.42. The molecule has 2 N–H and O–H groups in total.